The number of rotatable bonds is 3. The maximum atomic E-state index is 11.2. The second-order valence-electron chi connectivity index (χ2n) is 5.32. The normalized spacial score (nSPS) is 17.1. The molecule has 0 spiro atoms. The Morgan fingerprint density at radius 1 is 1.29 bits per heavy atom. The number of fused-ring (bicyclic) bond motifs is 1. The molecule has 1 aliphatic carbocycles. The van der Waals surface area contributed by atoms with Gasteiger partial charge in [0.05, 0.1) is 11.0 Å². The smallest absolute Gasteiger partial charge is 0.311 e. The van der Waals surface area contributed by atoms with Crippen molar-refractivity contribution in [2.45, 2.75) is 25.3 Å². The van der Waals surface area contributed by atoms with Crippen molar-refractivity contribution in [2.75, 3.05) is 11.9 Å². The molecule has 0 amide bonds. The third kappa shape index (κ3) is 2.46. The lowest BCUT2D eigenvalue weighted by atomic mass is 9.87. The topological polar surface area (TPSA) is 59.3 Å². The van der Waals surface area contributed by atoms with Crippen LogP contribution in [0.25, 0.3) is 0 Å². The highest BCUT2D eigenvalue weighted by molar-refractivity contribution is 5.58. The van der Waals surface area contributed by atoms with Crippen LogP contribution >= 0.6 is 0 Å². The fraction of sp³-hybridized carbons (Fsp3) is 0.312. The Balaban J connectivity index is 2.01. The number of aryl methyl sites for hydroxylation is 1. The van der Waals surface area contributed by atoms with Crippen molar-refractivity contribution >= 4 is 11.5 Å². The van der Waals surface area contributed by atoms with Crippen molar-refractivity contribution in [1.82, 2.24) is 4.98 Å². The van der Waals surface area contributed by atoms with Crippen LogP contribution in [0.4, 0.5) is 11.5 Å². The lowest BCUT2D eigenvalue weighted by Crippen LogP contribution is -2.28. The first kappa shape index (κ1) is 13.5. The Labute approximate surface area is 123 Å². The number of hydrogen-bond acceptors (Lipinski definition) is 4. The number of nitrogens with zero attached hydrogens (tertiary/aromatic N) is 3. The monoisotopic (exact) mass is 283 g/mol. The van der Waals surface area contributed by atoms with Gasteiger partial charge in [-0.3, -0.25) is 10.1 Å². The van der Waals surface area contributed by atoms with Gasteiger partial charge in [-0.15, -0.1) is 0 Å². The first-order valence-electron chi connectivity index (χ1n) is 7.08. The SMILES string of the molecule is CN(c1ncccc1[N+](=O)[O-])[C@@H]1CCCc2ccccc21. The Bertz CT molecular complexity index is 672. The predicted molar refractivity (Wildman–Crippen MR) is 81.4 cm³/mol. The average Bonchev–Trinajstić information content (AvgIpc) is 2.53. The average molecular weight is 283 g/mol. The number of benzene rings is 1. The van der Waals surface area contributed by atoms with E-state index in [1.54, 1.807) is 12.3 Å². The molecule has 0 bridgehead atoms. The zero-order chi connectivity index (χ0) is 14.8. The van der Waals surface area contributed by atoms with E-state index < -0.39 is 0 Å². The first-order valence-corrected chi connectivity index (χ1v) is 7.08. The van der Waals surface area contributed by atoms with Crippen LogP contribution in [0.3, 0.4) is 0 Å². The van der Waals surface area contributed by atoms with Gasteiger partial charge >= 0.3 is 5.69 Å². The molecule has 0 radical (unpaired) electrons. The third-order valence-corrected chi connectivity index (χ3v) is 4.10. The number of hydrogen-bond donors (Lipinski definition) is 0. The van der Waals surface area contributed by atoms with Gasteiger partial charge in [-0.25, -0.2) is 4.98 Å². The molecular weight excluding hydrogens is 266 g/mol. The van der Waals surface area contributed by atoms with Gasteiger partial charge in [0.2, 0.25) is 5.82 Å². The van der Waals surface area contributed by atoms with Crippen molar-refractivity contribution in [3.8, 4) is 0 Å². The highest BCUT2D eigenvalue weighted by atomic mass is 16.6. The summed E-state index contributed by atoms with van der Waals surface area (Å²) in [5, 5.41) is 11.2. The van der Waals surface area contributed by atoms with Gasteiger partial charge in [-0.2, -0.15) is 0 Å². The summed E-state index contributed by atoms with van der Waals surface area (Å²) in [7, 11) is 1.89. The van der Waals surface area contributed by atoms with E-state index in [1.807, 2.05) is 24.1 Å². The summed E-state index contributed by atoms with van der Waals surface area (Å²) in [6.45, 7) is 0. The highest BCUT2D eigenvalue weighted by Crippen LogP contribution is 2.37. The largest absolute Gasteiger partial charge is 0.347 e. The van der Waals surface area contributed by atoms with Crippen LogP contribution in [0, 0.1) is 10.1 Å². The number of anilines is 1. The molecule has 5 heteroatoms. The number of nitro groups is 1. The molecule has 1 aromatic carbocycles. The lowest BCUT2D eigenvalue weighted by Gasteiger charge is -2.33. The fourth-order valence-corrected chi connectivity index (χ4v) is 3.08. The summed E-state index contributed by atoms with van der Waals surface area (Å²) in [5.74, 6) is 0.434. The maximum absolute atomic E-state index is 11.2. The van der Waals surface area contributed by atoms with Crippen LogP contribution in [-0.2, 0) is 6.42 Å². The molecule has 0 unspecified atom stereocenters. The van der Waals surface area contributed by atoms with E-state index in [-0.39, 0.29) is 16.7 Å². The van der Waals surface area contributed by atoms with Gasteiger partial charge in [0.25, 0.3) is 0 Å². The van der Waals surface area contributed by atoms with E-state index in [4.69, 9.17) is 0 Å². The Morgan fingerprint density at radius 3 is 2.90 bits per heavy atom. The molecule has 0 aliphatic heterocycles. The predicted octanol–water partition coefficient (Wildman–Crippen LogP) is 3.50. The molecule has 1 heterocycles. The summed E-state index contributed by atoms with van der Waals surface area (Å²) in [4.78, 5) is 17.0. The molecule has 1 aromatic heterocycles. The van der Waals surface area contributed by atoms with Crippen LogP contribution in [-0.4, -0.2) is 17.0 Å². The molecule has 1 atom stereocenters. The summed E-state index contributed by atoms with van der Waals surface area (Å²) in [5.41, 5.74) is 2.65. The maximum Gasteiger partial charge on any atom is 0.311 e. The molecule has 0 saturated carbocycles. The molecule has 0 saturated heterocycles. The summed E-state index contributed by atoms with van der Waals surface area (Å²) in [6.07, 6.45) is 4.76. The van der Waals surface area contributed by atoms with Crippen molar-refractivity contribution < 1.29 is 4.92 Å². The summed E-state index contributed by atoms with van der Waals surface area (Å²) < 4.78 is 0. The van der Waals surface area contributed by atoms with Crippen LogP contribution in [0.1, 0.15) is 30.0 Å². The minimum absolute atomic E-state index is 0.0584. The van der Waals surface area contributed by atoms with Gasteiger partial charge < -0.3 is 4.90 Å². The Morgan fingerprint density at radius 2 is 2.10 bits per heavy atom. The van der Waals surface area contributed by atoms with Crippen molar-refractivity contribution in [3.05, 3.63) is 63.8 Å². The Kier molecular flexibility index (Phi) is 3.56. The number of pyridine rings is 1. The van der Waals surface area contributed by atoms with E-state index in [1.165, 1.54) is 17.2 Å². The minimum Gasteiger partial charge on any atom is -0.347 e. The molecule has 0 fully saturated rings. The van der Waals surface area contributed by atoms with E-state index in [0.717, 1.165) is 19.3 Å². The van der Waals surface area contributed by atoms with Gasteiger partial charge in [0.1, 0.15) is 0 Å². The van der Waals surface area contributed by atoms with Crippen molar-refractivity contribution in [2.24, 2.45) is 0 Å². The standard InChI is InChI=1S/C16H17N3O2/c1-18(16-15(19(20)21)10-5-11-17-16)14-9-4-7-12-6-2-3-8-13(12)14/h2-3,5-6,8,10-11,14H,4,7,9H2,1H3/t14-/m1/s1. The minimum atomic E-state index is -0.367. The van der Waals surface area contributed by atoms with Gasteiger partial charge in [0.15, 0.2) is 0 Å². The zero-order valence-corrected chi connectivity index (χ0v) is 11.9. The van der Waals surface area contributed by atoms with Crippen LogP contribution in [0.15, 0.2) is 42.6 Å². The third-order valence-electron chi connectivity index (χ3n) is 4.10. The molecule has 21 heavy (non-hydrogen) atoms. The van der Waals surface area contributed by atoms with E-state index in [0.29, 0.717) is 5.82 Å². The first-order chi connectivity index (χ1) is 10.2. The van der Waals surface area contributed by atoms with Crippen LogP contribution in [0.5, 0.6) is 0 Å². The second-order valence-corrected chi connectivity index (χ2v) is 5.32. The molecule has 2 aromatic rings. The zero-order valence-electron chi connectivity index (χ0n) is 11.9. The molecule has 1 aliphatic rings. The van der Waals surface area contributed by atoms with E-state index >= 15 is 0 Å². The lowest BCUT2D eigenvalue weighted by molar-refractivity contribution is -0.384. The molecule has 3 rings (SSSR count). The quantitative estimate of drug-likeness (QED) is 0.639. The van der Waals surface area contributed by atoms with Gasteiger partial charge in [-0.1, -0.05) is 24.3 Å². The number of aromatic nitrogens is 1. The van der Waals surface area contributed by atoms with E-state index in [2.05, 4.69) is 17.1 Å². The van der Waals surface area contributed by atoms with Crippen molar-refractivity contribution in [3.63, 3.8) is 0 Å². The molecule has 108 valence electrons. The fourth-order valence-electron chi connectivity index (χ4n) is 3.08. The summed E-state index contributed by atoms with van der Waals surface area (Å²) >= 11 is 0. The molecule has 5 nitrogen and oxygen atoms in total. The summed E-state index contributed by atoms with van der Waals surface area (Å²) in [6, 6.07) is 11.6. The van der Waals surface area contributed by atoms with E-state index in [9.17, 15) is 10.1 Å². The second kappa shape index (κ2) is 5.52. The van der Waals surface area contributed by atoms with Crippen LogP contribution in [0.2, 0.25) is 0 Å². The van der Waals surface area contributed by atoms with Gasteiger partial charge in [-0.05, 0) is 36.5 Å². The molecule has 0 N–H and O–H groups in total. The highest BCUT2D eigenvalue weighted by Gasteiger charge is 2.28. The van der Waals surface area contributed by atoms with Crippen LogP contribution < -0.4 is 4.90 Å². The molecular formula is C16H17N3O2. The Hall–Kier alpha value is -2.43. The van der Waals surface area contributed by atoms with Crippen molar-refractivity contribution in [1.29, 1.82) is 0 Å². The van der Waals surface area contributed by atoms with Gasteiger partial charge in [0, 0.05) is 19.3 Å².